The Bertz CT molecular complexity index is 587. The molecule has 0 aliphatic rings. The molecule has 1 heterocycles. The van der Waals surface area contributed by atoms with Gasteiger partial charge in [-0.15, -0.1) is 0 Å². The lowest BCUT2D eigenvalue weighted by Crippen LogP contribution is -2.22. The van der Waals surface area contributed by atoms with Crippen molar-refractivity contribution in [2.45, 2.75) is 46.8 Å². The van der Waals surface area contributed by atoms with Crippen LogP contribution in [0.3, 0.4) is 0 Å². The smallest absolute Gasteiger partial charge is 0.0663 e. The summed E-state index contributed by atoms with van der Waals surface area (Å²) in [4.78, 5) is 0. The van der Waals surface area contributed by atoms with Crippen molar-refractivity contribution in [2.24, 2.45) is 0 Å². The summed E-state index contributed by atoms with van der Waals surface area (Å²) in [5, 5.41) is 8.87. The van der Waals surface area contributed by atoms with E-state index >= 15 is 0 Å². The third-order valence-corrected chi connectivity index (χ3v) is 3.67. The second-order valence-corrected chi connectivity index (χ2v) is 5.91. The van der Waals surface area contributed by atoms with Gasteiger partial charge in [0.25, 0.3) is 0 Å². The summed E-state index contributed by atoms with van der Waals surface area (Å²) < 4.78 is 2.05. The van der Waals surface area contributed by atoms with E-state index < -0.39 is 0 Å². The van der Waals surface area contributed by atoms with E-state index in [0.29, 0.717) is 6.04 Å². The minimum atomic E-state index is 0.477. The van der Waals surface area contributed by atoms with E-state index in [1.807, 2.05) is 18.2 Å². The molecule has 1 aromatic heterocycles. The highest BCUT2D eigenvalue weighted by Gasteiger charge is 2.11. The molecule has 0 fully saturated rings. The van der Waals surface area contributed by atoms with E-state index in [1.54, 1.807) is 0 Å². The Labute approximate surface area is 126 Å². The number of aromatic nitrogens is 2. The topological polar surface area (TPSA) is 29.9 Å². The predicted octanol–water partition coefficient (Wildman–Crippen LogP) is 3.70. The van der Waals surface area contributed by atoms with Crippen molar-refractivity contribution in [1.29, 1.82) is 0 Å². The molecule has 2 rings (SSSR count). The number of nitrogens with zero attached hydrogens (tertiary/aromatic N) is 2. The number of hydrogen-bond donors (Lipinski definition) is 1. The molecule has 0 aliphatic carbocycles. The number of halogens is 1. The second-order valence-electron chi connectivity index (χ2n) is 5.47. The largest absolute Gasteiger partial charge is 0.310 e. The lowest BCUT2D eigenvalue weighted by atomic mass is 10.2. The Hall–Kier alpha value is -1.32. The van der Waals surface area contributed by atoms with Gasteiger partial charge in [0, 0.05) is 28.9 Å². The average molecular weight is 292 g/mol. The summed E-state index contributed by atoms with van der Waals surface area (Å²) in [5.41, 5.74) is 4.78. The average Bonchev–Trinajstić information content (AvgIpc) is 2.62. The van der Waals surface area contributed by atoms with Gasteiger partial charge in [0.1, 0.15) is 0 Å². The molecule has 0 amide bonds. The van der Waals surface area contributed by atoms with Crippen LogP contribution in [-0.2, 0) is 13.1 Å². The summed E-state index contributed by atoms with van der Waals surface area (Å²) in [6.07, 6.45) is 0. The molecule has 4 heteroatoms. The van der Waals surface area contributed by atoms with Gasteiger partial charge in [0.2, 0.25) is 0 Å². The molecule has 0 atom stereocenters. The van der Waals surface area contributed by atoms with E-state index in [1.165, 1.54) is 16.8 Å². The van der Waals surface area contributed by atoms with Crippen molar-refractivity contribution in [2.75, 3.05) is 0 Å². The molecule has 0 spiro atoms. The summed E-state index contributed by atoms with van der Waals surface area (Å²) >= 11 is 6.03. The van der Waals surface area contributed by atoms with Crippen molar-refractivity contribution < 1.29 is 0 Å². The van der Waals surface area contributed by atoms with Gasteiger partial charge in [-0.1, -0.05) is 37.6 Å². The van der Waals surface area contributed by atoms with Crippen LogP contribution in [0.4, 0.5) is 0 Å². The molecular weight excluding hydrogens is 270 g/mol. The Morgan fingerprint density at radius 1 is 1.30 bits per heavy atom. The van der Waals surface area contributed by atoms with Crippen molar-refractivity contribution in [3.8, 4) is 0 Å². The number of aryl methyl sites for hydroxylation is 1. The molecule has 0 saturated carbocycles. The van der Waals surface area contributed by atoms with Crippen molar-refractivity contribution in [3.63, 3.8) is 0 Å². The Morgan fingerprint density at radius 2 is 2.05 bits per heavy atom. The fraction of sp³-hybridized carbons (Fsp3) is 0.438. The van der Waals surface area contributed by atoms with E-state index in [2.05, 4.69) is 48.9 Å². The third kappa shape index (κ3) is 3.62. The quantitative estimate of drug-likeness (QED) is 0.910. The van der Waals surface area contributed by atoms with Gasteiger partial charge in [0.15, 0.2) is 0 Å². The monoisotopic (exact) mass is 291 g/mol. The van der Waals surface area contributed by atoms with Crippen LogP contribution in [0.2, 0.25) is 5.02 Å². The maximum atomic E-state index is 6.03. The van der Waals surface area contributed by atoms with E-state index in [-0.39, 0.29) is 0 Å². The van der Waals surface area contributed by atoms with Crippen LogP contribution in [0.15, 0.2) is 24.3 Å². The van der Waals surface area contributed by atoms with Crippen molar-refractivity contribution in [1.82, 2.24) is 15.1 Å². The standard InChI is InChI=1S/C16H22ClN3/c1-11(2)18-9-16-12(3)19-20(13(16)4)10-14-6-5-7-15(17)8-14/h5-8,11,18H,9-10H2,1-4H3. The molecule has 0 aliphatic heterocycles. The van der Waals surface area contributed by atoms with Crippen LogP contribution in [0, 0.1) is 13.8 Å². The summed E-state index contributed by atoms with van der Waals surface area (Å²) in [6, 6.07) is 8.41. The van der Waals surface area contributed by atoms with Crippen molar-refractivity contribution >= 4 is 11.6 Å². The molecule has 1 N–H and O–H groups in total. The first-order valence-electron chi connectivity index (χ1n) is 6.98. The molecule has 0 bridgehead atoms. The highest BCUT2D eigenvalue weighted by atomic mass is 35.5. The maximum Gasteiger partial charge on any atom is 0.0663 e. The minimum Gasteiger partial charge on any atom is -0.310 e. The van der Waals surface area contributed by atoms with Crippen molar-refractivity contribution in [3.05, 3.63) is 51.8 Å². The molecule has 2 aromatic rings. The minimum absolute atomic E-state index is 0.477. The van der Waals surface area contributed by atoms with Crippen LogP contribution in [0.1, 0.15) is 36.4 Å². The van der Waals surface area contributed by atoms with Crippen LogP contribution in [0.5, 0.6) is 0 Å². The first-order valence-corrected chi connectivity index (χ1v) is 7.36. The molecule has 0 unspecified atom stereocenters. The van der Waals surface area contributed by atoms with Gasteiger partial charge < -0.3 is 5.32 Å². The molecule has 0 saturated heterocycles. The number of benzene rings is 1. The summed E-state index contributed by atoms with van der Waals surface area (Å²) in [7, 11) is 0. The number of hydrogen-bond acceptors (Lipinski definition) is 2. The second kappa shape index (κ2) is 6.42. The zero-order chi connectivity index (χ0) is 14.7. The van der Waals surface area contributed by atoms with Crippen LogP contribution in [0.25, 0.3) is 0 Å². The first-order chi connectivity index (χ1) is 9.47. The van der Waals surface area contributed by atoms with Crippen LogP contribution >= 0.6 is 11.6 Å². The van der Waals surface area contributed by atoms with Gasteiger partial charge in [-0.3, -0.25) is 4.68 Å². The Balaban J connectivity index is 2.19. The van der Waals surface area contributed by atoms with E-state index in [9.17, 15) is 0 Å². The Kier molecular flexibility index (Phi) is 4.84. The summed E-state index contributed by atoms with van der Waals surface area (Å²) in [5.74, 6) is 0. The predicted molar refractivity (Wildman–Crippen MR) is 84.2 cm³/mol. The normalized spacial score (nSPS) is 11.3. The fourth-order valence-corrected chi connectivity index (χ4v) is 2.47. The molecule has 0 radical (unpaired) electrons. The molecule has 1 aromatic carbocycles. The highest BCUT2D eigenvalue weighted by Crippen LogP contribution is 2.16. The van der Waals surface area contributed by atoms with Gasteiger partial charge in [-0.05, 0) is 31.5 Å². The third-order valence-electron chi connectivity index (χ3n) is 3.44. The Morgan fingerprint density at radius 3 is 2.70 bits per heavy atom. The molecule has 108 valence electrons. The molecule has 20 heavy (non-hydrogen) atoms. The van der Waals surface area contributed by atoms with Gasteiger partial charge in [0.05, 0.1) is 12.2 Å². The molecule has 3 nitrogen and oxygen atoms in total. The lowest BCUT2D eigenvalue weighted by Gasteiger charge is -2.09. The fourth-order valence-electron chi connectivity index (χ4n) is 2.26. The van der Waals surface area contributed by atoms with Gasteiger partial charge in [-0.25, -0.2) is 0 Å². The van der Waals surface area contributed by atoms with Gasteiger partial charge >= 0.3 is 0 Å². The lowest BCUT2D eigenvalue weighted by molar-refractivity contribution is 0.584. The van der Waals surface area contributed by atoms with Gasteiger partial charge in [-0.2, -0.15) is 5.10 Å². The maximum absolute atomic E-state index is 6.03. The van der Waals surface area contributed by atoms with E-state index in [0.717, 1.165) is 23.8 Å². The van der Waals surface area contributed by atoms with E-state index in [4.69, 9.17) is 11.6 Å². The molecular formula is C16H22ClN3. The first kappa shape index (κ1) is 15.1. The SMILES string of the molecule is Cc1nn(Cc2cccc(Cl)c2)c(C)c1CNC(C)C. The number of rotatable bonds is 5. The summed E-state index contributed by atoms with van der Waals surface area (Å²) in [6.45, 7) is 10.1. The van der Waals surface area contributed by atoms with Crippen LogP contribution in [-0.4, -0.2) is 15.8 Å². The zero-order valence-electron chi connectivity index (χ0n) is 12.6. The highest BCUT2D eigenvalue weighted by molar-refractivity contribution is 6.30. The van der Waals surface area contributed by atoms with Crippen LogP contribution < -0.4 is 5.32 Å². The zero-order valence-corrected chi connectivity index (χ0v) is 13.3. The number of nitrogens with one attached hydrogen (secondary N) is 1.